The van der Waals surface area contributed by atoms with Crippen LogP contribution in [0.3, 0.4) is 0 Å². The minimum absolute atomic E-state index is 0.125. The smallest absolute Gasteiger partial charge is 0.381 e. The average Bonchev–Trinajstić information content (AvgIpc) is 2.71. The third-order valence-electron chi connectivity index (χ3n) is 3.93. The van der Waals surface area contributed by atoms with Gasteiger partial charge in [-0.25, -0.2) is 0 Å². The summed E-state index contributed by atoms with van der Waals surface area (Å²) in [4.78, 5) is 0. The van der Waals surface area contributed by atoms with Crippen molar-refractivity contribution in [2.75, 3.05) is 7.11 Å². The molecule has 1 heterocycles. The average molecular weight is 326 g/mol. The lowest BCUT2D eigenvalue weighted by atomic mass is 9.89. The molecule has 2 rings (SSSR count). The number of hydrogen-bond acceptors (Lipinski definition) is 2. The second kappa shape index (κ2) is 5.18. The molecule has 1 aromatic rings. The normalized spacial score (nSPS) is 23.5. The summed E-state index contributed by atoms with van der Waals surface area (Å²) in [5.74, 6) is -4.93. The molecule has 0 spiro atoms. The highest BCUT2D eigenvalue weighted by molar-refractivity contribution is 5.23. The van der Waals surface area contributed by atoms with Crippen molar-refractivity contribution in [3.05, 3.63) is 17.5 Å². The topological polar surface area (TPSA) is 27.1 Å². The van der Waals surface area contributed by atoms with E-state index in [2.05, 4.69) is 5.10 Å². The van der Waals surface area contributed by atoms with Gasteiger partial charge in [-0.1, -0.05) is 20.8 Å². The van der Waals surface area contributed by atoms with Gasteiger partial charge in [0.1, 0.15) is 5.69 Å². The first-order valence-electron chi connectivity index (χ1n) is 6.95. The van der Waals surface area contributed by atoms with Crippen molar-refractivity contribution in [3.63, 3.8) is 0 Å². The van der Waals surface area contributed by atoms with Crippen molar-refractivity contribution in [1.29, 1.82) is 0 Å². The second-order valence-electron chi connectivity index (χ2n) is 6.66. The van der Waals surface area contributed by atoms with Crippen LogP contribution in [-0.2, 0) is 16.1 Å². The molecule has 1 fully saturated rings. The maximum atomic E-state index is 13.8. The van der Waals surface area contributed by atoms with E-state index in [-0.39, 0.29) is 11.8 Å². The summed E-state index contributed by atoms with van der Waals surface area (Å²) >= 11 is 0. The number of halogens is 5. The first-order chi connectivity index (χ1) is 9.88. The van der Waals surface area contributed by atoms with Crippen LogP contribution in [0.15, 0.2) is 6.07 Å². The predicted octanol–water partition coefficient (Wildman–Crippen LogP) is 4.18. The molecule has 0 unspecified atom stereocenters. The van der Waals surface area contributed by atoms with Crippen LogP contribution >= 0.6 is 0 Å². The Balaban J connectivity index is 2.46. The maximum Gasteiger partial charge on any atom is 0.459 e. The lowest BCUT2D eigenvalue weighted by Crippen LogP contribution is -2.40. The quantitative estimate of drug-likeness (QED) is 0.779. The zero-order valence-electron chi connectivity index (χ0n) is 12.8. The molecule has 1 aliphatic rings. The molecule has 0 bridgehead atoms. The highest BCUT2D eigenvalue weighted by Crippen LogP contribution is 2.47. The van der Waals surface area contributed by atoms with Gasteiger partial charge in [0.15, 0.2) is 0 Å². The fourth-order valence-electron chi connectivity index (χ4n) is 2.35. The lowest BCUT2D eigenvalue weighted by Gasteiger charge is -2.36. The second-order valence-corrected chi connectivity index (χ2v) is 6.66. The Hall–Kier alpha value is -1.18. The van der Waals surface area contributed by atoms with Gasteiger partial charge in [0.25, 0.3) is 0 Å². The molecule has 126 valence electrons. The summed E-state index contributed by atoms with van der Waals surface area (Å²) < 4.78 is 71.7. The van der Waals surface area contributed by atoms with Crippen molar-refractivity contribution >= 4 is 0 Å². The van der Waals surface area contributed by atoms with Gasteiger partial charge in [0, 0.05) is 12.5 Å². The highest BCUT2D eigenvalue weighted by atomic mass is 19.4. The Morgan fingerprint density at radius 3 is 2.09 bits per heavy atom. The molecular formula is C14H19F5N2O. The molecule has 0 saturated heterocycles. The number of nitrogens with zero attached hydrogens (tertiary/aromatic N) is 2. The van der Waals surface area contributed by atoms with Gasteiger partial charge in [-0.05, 0) is 18.9 Å². The van der Waals surface area contributed by atoms with Crippen LogP contribution in [0.5, 0.6) is 0 Å². The number of alkyl halides is 5. The van der Waals surface area contributed by atoms with E-state index in [1.807, 2.05) is 0 Å². The Bertz CT molecular complexity index is 538. The van der Waals surface area contributed by atoms with Crippen LogP contribution in [0.1, 0.15) is 51.0 Å². The molecule has 0 amide bonds. The monoisotopic (exact) mass is 326 g/mol. The van der Waals surface area contributed by atoms with Crippen LogP contribution in [0.25, 0.3) is 0 Å². The molecule has 0 aromatic carbocycles. The number of methoxy groups -OCH3 is 1. The minimum atomic E-state index is -5.65. The fourth-order valence-corrected chi connectivity index (χ4v) is 2.35. The Morgan fingerprint density at radius 1 is 1.14 bits per heavy atom. The van der Waals surface area contributed by atoms with Crippen LogP contribution in [0.2, 0.25) is 0 Å². The van der Waals surface area contributed by atoms with Gasteiger partial charge >= 0.3 is 12.1 Å². The van der Waals surface area contributed by atoms with Crippen LogP contribution in [-0.4, -0.2) is 29.2 Å². The maximum absolute atomic E-state index is 13.8. The van der Waals surface area contributed by atoms with Gasteiger partial charge in [0.2, 0.25) is 0 Å². The van der Waals surface area contributed by atoms with Gasteiger partial charge < -0.3 is 4.74 Å². The first-order valence-corrected chi connectivity index (χ1v) is 6.95. The van der Waals surface area contributed by atoms with E-state index in [1.54, 1.807) is 20.8 Å². The van der Waals surface area contributed by atoms with Gasteiger partial charge in [0.05, 0.1) is 17.8 Å². The van der Waals surface area contributed by atoms with Gasteiger partial charge in [-0.3, -0.25) is 4.68 Å². The zero-order valence-corrected chi connectivity index (χ0v) is 12.8. The number of rotatable bonds is 3. The third-order valence-corrected chi connectivity index (χ3v) is 3.93. The van der Waals surface area contributed by atoms with E-state index >= 15 is 0 Å². The van der Waals surface area contributed by atoms with E-state index in [1.165, 1.54) is 7.11 Å². The first kappa shape index (κ1) is 17.2. The number of hydrogen-bond donors (Lipinski definition) is 0. The van der Waals surface area contributed by atoms with Gasteiger partial charge in [-0.2, -0.15) is 27.1 Å². The van der Waals surface area contributed by atoms with Crippen LogP contribution in [0, 0.1) is 0 Å². The van der Waals surface area contributed by atoms with E-state index in [9.17, 15) is 22.0 Å². The molecule has 0 atom stereocenters. The van der Waals surface area contributed by atoms with Gasteiger partial charge in [-0.15, -0.1) is 0 Å². The molecule has 1 aliphatic carbocycles. The summed E-state index contributed by atoms with van der Waals surface area (Å²) in [7, 11) is 1.48. The van der Waals surface area contributed by atoms with E-state index in [4.69, 9.17) is 4.74 Å². The summed E-state index contributed by atoms with van der Waals surface area (Å²) in [6, 6.07) is 0.373. The van der Waals surface area contributed by atoms with E-state index < -0.39 is 29.2 Å². The third kappa shape index (κ3) is 2.85. The molecule has 8 heteroatoms. The standard InChI is InChI=1S/C14H19F5N2O/c1-12(2,3)10-7-11(13(15,16)14(17,18)19)21(20-10)8-5-9(6-8)22-4/h7-9H,5-6H2,1-4H3. The molecule has 1 saturated carbocycles. The van der Waals surface area contributed by atoms with Crippen molar-refractivity contribution < 1.29 is 26.7 Å². The molecule has 3 nitrogen and oxygen atoms in total. The molecule has 1 aromatic heterocycles. The van der Waals surface area contributed by atoms with Crippen molar-refractivity contribution in [2.45, 2.75) is 63.3 Å². The molecule has 0 aliphatic heterocycles. The Labute approximate surface area is 125 Å². The van der Waals surface area contributed by atoms with E-state index in [0.29, 0.717) is 12.8 Å². The summed E-state index contributed by atoms with van der Waals surface area (Å²) in [6.45, 7) is 5.15. The van der Waals surface area contributed by atoms with Crippen LogP contribution < -0.4 is 0 Å². The molecule has 0 radical (unpaired) electrons. The predicted molar refractivity (Wildman–Crippen MR) is 69.9 cm³/mol. The SMILES string of the molecule is COC1CC(n2nc(C(C)(C)C)cc2C(F)(F)C(F)(F)F)C1. The Kier molecular flexibility index (Phi) is 4.04. The molecule has 22 heavy (non-hydrogen) atoms. The van der Waals surface area contributed by atoms with E-state index in [0.717, 1.165) is 10.7 Å². The van der Waals surface area contributed by atoms with Crippen molar-refractivity contribution in [2.24, 2.45) is 0 Å². The van der Waals surface area contributed by atoms with Crippen molar-refractivity contribution in [3.8, 4) is 0 Å². The molecule has 0 N–H and O–H groups in total. The number of ether oxygens (including phenoxy) is 1. The fraction of sp³-hybridized carbons (Fsp3) is 0.786. The summed E-state index contributed by atoms with van der Waals surface area (Å²) in [5, 5.41) is 4.03. The van der Waals surface area contributed by atoms with Crippen LogP contribution in [0.4, 0.5) is 22.0 Å². The summed E-state index contributed by atoms with van der Waals surface area (Å²) in [5.41, 5.74) is -1.50. The number of aromatic nitrogens is 2. The zero-order chi connectivity index (χ0) is 16.9. The highest BCUT2D eigenvalue weighted by Gasteiger charge is 2.61. The Morgan fingerprint density at radius 2 is 1.68 bits per heavy atom. The van der Waals surface area contributed by atoms with Crippen molar-refractivity contribution in [1.82, 2.24) is 9.78 Å². The summed E-state index contributed by atoms with van der Waals surface area (Å²) in [6.07, 6.45) is -5.02. The minimum Gasteiger partial charge on any atom is -0.381 e. The largest absolute Gasteiger partial charge is 0.459 e. The lowest BCUT2D eigenvalue weighted by molar-refractivity contribution is -0.292. The molecular weight excluding hydrogens is 307 g/mol.